The highest BCUT2D eigenvalue weighted by Gasteiger charge is 2.35. The molecule has 1 aromatic rings. The van der Waals surface area contributed by atoms with Gasteiger partial charge in [0.25, 0.3) is 5.91 Å². The molecule has 15 heavy (non-hydrogen) atoms. The van der Waals surface area contributed by atoms with Gasteiger partial charge in [-0.25, -0.2) is 9.97 Å². The van der Waals surface area contributed by atoms with E-state index in [1.54, 1.807) is 0 Å². The average molecular weight is 219 g/mol. The summed E-state index contributed by atoms with van der Waals surface area (Å²) in [7, 11) is 2.86. The van der Waals surface area contributed by atoms with Crippen molar-refractivity contribution in [3.8, 4) is 0 Å². The molecule has 82 valence electrons. The van der Waals surface area contributed by atoms with Crippen LogP contribution >= 0.6 is 0 Å². The van der Waals surface area contributed by atoms with Gasteiger partial charge in [-0.15, -0.1) is 0 Å². The lowest BCUT2D eigenvalue weighted by Gasteiger charge is -2.10. The fourth-order valence-electron chi connectivity index (χ4n) is 0.843. The Hall–Kier alpha value is -1.66. The number of carbonyl (C=O) groups excluding carboxylic acids is 1. The molecule has 0 unspecified atom stereocenters. The van der Waals surface area contributed by atoms with Crippen molar-refractivity contribution in [2.24, 2.45) is 0 Å². The smallest absolute Gasteiger partial charge is 0.343 e. The number of hydrogen-bond acceptors (Lipinski definition) is 3. The van der Waals surface area contributed by atoms with Crippen molar-refractivity contribution >= 4 is 5.91 Å². The minimum absolute atomic E-state index is 0.276. The maximum absolute atomic E-state index is 12.2. The predicted molar refractivity (Wildman–Crippen MR) is 45.1 cm³/mol. The zero-order chi connectivity index (χ0) is 11.6. The molecular weight excluding hydrogens is 211 g/mol. The quantitative estimate of drug-likeness (QED) is 0.712. The number of hydrogen-bond donors (Lipinski definition) is 0. The van der Waals surface area contributed by atoms with Crippen molar-refractivity contribution in [3.05, 3.63) is 23.8 Å². The number of amides is 1. The van der Waals surface area contributed by atoms with E-state index < -0.39 is 17.9 Å². The summed E-state index contributed by atoms with van der Waals surface area (Å²) in [5.74, 6) is -1.90. The number of rotatable bonds is 1. The van der Waals surface area contributed by atoms with E-state index in [9.17, 15) is 18.0 Å². The van der Waals surface area contributed by atoms with Crippen LogP contribution in [0.25, 0.3) is 0 Å². The number of alkyl halides is 3. The van der Waals surface area contributed by atoms with Gasteiger partial charge in [0, 0.05) is 20.3 Å². The Morgan fingerprint density at radius 3 is 2.47 bits per heavy atom. The average Bonchev–Trinajstić information content (AvgIpc) is 2.15. The second-order valence-electron chi connectivity index (χ2n) is 2.96. The Balaban J connectivity index is 3.09. The molecule has 1 amide bonds. The van der Waals surface area contributed by atoms with E-state index in [0.29, 0.717) is 0 Å². The molecule has 0 bridgehead atoms. The van der Waals surface area contributed by atoms with Gasteiger partial charge in [-0.2, -0.15) is 13.2 Å². The van der Waals surface area contributed by atoms with Crippen molar-refractivity contribution in [2.45, 2.75) is 6.18 Å². The Kier molecular flexibility index (Phi) is 2.92. The maximum atomic E-state index is 12.2. The second-order valence-corrected chi connectivity index (χ2v) is 2.96. The Morgan fingerprint density at radius 1 is 1.40 bits per heavy atom. The lowest BCUT2D eigenvalue weighted by molar-refractivity contribution is -0.145. The van der Waals surface area contributed by atoms with Crippen molar-refractivity contribution < 1.29 is 18.0 Å². The van der Waals surface area contributed by atoms with Crippen molar-refractivity contribution in [1.82, 2.24) is 14.9 Å². The summed E-state index contributed by atoms with van der Waals surface area (Å²) in [5, 5.41) is 0. The lowest BCUT2D eigenvalue weighted by atomic mass is 10.3. The Morgan fingerprint density at radius 2 is 2.00 bits per heavy atom. The molecule has 0 spiro atoms. The van der Waals surface area contributed by atoms with Gasteiger partial charge in [0.1, 0.15) is 5.69 Å². The predicted octanol–water partition coefficient (Wildman–Crippen LogP) is 1.20. The van der Waals surface area contributed by atoms with E-state index >= 15 is 0 Å². The normalized spacial score (nSPS) is 11.3. The molecule has 0 aliphatic rings. The number of aromatic nitrogens is 2. The number of nitrogens with zero attached hydrogens (tertiary/aromatic N) is 3. The minimum atomic E-state index is -4.64. The fraction of sp³-hybridized carbons (Fsp3) is 0.375. The van der Waals surface area contributed by atoms with Crippen LogP contribution in [0.3, 0.4) is 0 Å². The molecule has 0 fully saturated rings. The summed E-state index contributed by atoms with van der Waals surface area (Å²) in [4.78, 5) is 18.6. The van der Waals surface area contributed by atoms with Crippen LogP contribution in [0.4, 0.5) is 13.2 Å². The summed E-state index contributed by atoms with van der Waals surface area (Å²) in [6.07, 6.45) is -3.73. The summed E-state index contributed by atoms with van der Waals surface area (Å²) in [6, 6.07) is 1.14. The Bertz CT molecular complexity index is 376. The van der Waals surface area contributed by atoms with Crippen molar-refractivity contribution in [2.75, 3.05) is 14.1 Å². The zero-order valence-corrected chi connectivity index (χ0v) is 8.04. The molecule has 1 aromatic heterocycles. The monoisotopic (exact) mass is 219 g/mol. The van der Waals surface area contributed by atoms with Gasteiger partial charge in [0.2, 0.25) is 5.82 Å². The van der Waals surface area contributed by atoms with E-state index in [4.69, 9.17) is 0 Å². The largest absolute Gasteiger partial charge is 0.451 e. The summed E-state index contributed by atoms with van der Waals surface area (Å²) >= 11 is 0. The first-order valence-electron chi connectivity index (χ1n) is 3.94. The maximum Gasteiger partial charge on any atom is 0.451 e. The highest BCUT2D eigenvalue weighted by atomic mass is 19.4. The Labute approximate surface area is 83.7 Å². The highest BCUT2D eigenvalue weighted by Crippen LogP contribution is 2.25. The highest BCUT2D eigenvalue weighted by molar-refractivity contribution is 5.91. The number of carbonyl (C=O) groups is 1. The van der Waals surface area contributed by atoms with E-state index in [2.05, 4.69) is 9.97 Å². The third-order valence-corrected chi connectivity index (χ3v) is 1.53. The first-order chi connectivity index (χ1) is 6.82. The van der Waals surface area contributed by atoms with E-state index in [1.165, 1.54) is 14.1 Å². The van der Waals surface area contributed by atoms with E-state index in [1.807, 2.05) is 0 Å². The molecule has 0 N–H and O–H groups in total. The molecule has 0 aliphatic carbocycles. The van der Waals surface area contributed by atoms with Gasteiger partial charge in [-0.3, -0.25) is 4.79 Å². The summed E-state index contributed by atoms with van der Waals surface area (Å²) in [6.45, 7) is 0. The molecule has 0 aliphatic heterocycles. The summed E-state index contributed by atoms with van der Waals surface area (Å²) < 4.78 is 36.5. The fourth-order valence-corrected chi connectivity index (χ4v) is 0.843. The van der Waals surface area contributed by atoms with Crippen LogP contribution in [0, 0.1) is 0 Å². The van der Waals surface area contributed by atoms with Crippen LogP contribution in [-0.4, -0.2) is 34.9 Å². The standard InChI is InChI=1S/C8H8F3N3O/c1-14(2)6(15)5-3-4-12-7(13-5)8(9,10)11/h3-4H,1-2H3. The topological polar surface area (TPSA) is 46.1 Å². The molecule has 0 atom stereocenters. The molecule has 0 saturated heterocycles. The van der Waals surface area contributed by atoms with Crippen LogP contribution in [0.5, 0.6) is 0 Å². The van der Waals surface area contributed by atoms with Gasteiger partial charge in [-0.05, 0) is 6.07 Å². The first-order valence-corrected chi connectivity index (χ1v) is 3.94. The van der Waals surface area contributed by atoms with Crippen LogP contribution in [0.15, 0.2) is 12.3 Å². The molecule has 1 rings (SSSR count). The SMILES string of the molecule is CN(C)C(=O)c1ccnc(C(F)(F)F)n1. The van der Waals surface area contributed by atoms with E-state index in [-0.39, 0.29) is 5.69 Å². The van der Waals surface area contributed by atoms with Crippen LogP contribution in [-0.2, 0) is 6.18 Å². The molecule has 0 radical (unpaired) electrons. The van der Waals surface area contributed by atoms with Gasteiger partial charge in [0.05, 0.1) is 0 Å². The van der Waals surface area contributed by atoms with Gasteiger partial charge in [0.15, 0.2) is 0 Å². The molecule has 4 nitrogen and oxygen atoms in total. The second kappa shape index (κ2) is 3.84. The molecular formula is C8H8F3N3O. The van der Waals surface area contributed by atoms with Crippen molar-refractivity contribution in [1.29, 1.82) is 0 Å². The minimum Gasteiger partial charge on any atom is -0.343 e. The zero-order valence-electron chi connectivity index (χ0n) is 8.04. The van der Waals surface area contributed by atoms with Gasteiger partial charge >= 0.3 is 6.18 Å². The van der Waals surface area contributed by atoms with E-state index in [0.717, 1.165) is 17.2 Å². The van der Waals surface area contributed by atoms with Crippen LogP contribution in [0.2, 0.25) is 0 Å². The lowest BCUT2D eigenvalue weighted by Crippen LogP contribution is -2.24. The van der Waals surface area contributed by atoms with Crippen LogP contribution in [0.1, 0.15) is 16.3 Å². The van der Waals surface area contributed by atoms with Crippen LogP contribution < -0.4 is 0 Å². The van der Waals surface area contributed by atoms with Gasteiger partial charge in [-0.1, -0.05) is 0 Å². The molecule has 0 saturated carbocycles. The molecule has 7 heteroatoms. The molecule has 1 heterocycles. The third-order valence-electron chi connectivity index (χ3n) is 1.53. The van der Waals surface area contributed by atoms with Gasteiger partial charge < -0.3 is 4.90 Å². The number of halogens is 3. The van der Waals surface area contributed by atoms with Crippen molar-refractivity contribution in [3.63, 3.8) is 0 Å². The first kappa shape index (κ1) is 11.4. The molecule has 0 aromatic carbocycles. The third kappa shape index (κ3) is 2.64. The summed E-state index contributed by atoms with van der Waals surface area (Å²) in [5.41, 5.74) is -0.276.